The number of hydrogen-bond donors (Lipinski definition) is 0. The van der Waals surface area contributed by atoms with E-state index in [0.717, 1.165) is 50.4 Å². The number of fused-ring (bicyclic) bond motifs is 2. The smallest absolute Gasteiger partial charge is 0.309 e. The molecule has 4 rings (SSSR count). The molecule has 3 aliphatic carbocycles. The largest absolute Gasteiger partial charge is 0.465 e. The van der Waals surface area contributed by atoms with E-state index in [2.05, 4.69) is 0 Å². The van der Waals surface area contributed by atoms with Gasteiger partial charge in [0, 0.05) is 7.11 Å². The van der Waals surface area contributed by atoms with Crippen LogP contribution in [0.25, 0.3) is 0 Å². The predicted molar refractivity (Wildman–Crippen MR) is 96.8 cm³/mol. The van der Waals surface area contributed by atoms with E-state index in [1.807, 2.05) is 6.92 Å². The molecule has 6 heteroatoms. The summed E-state index contributed by atoms with van der Waals surface area (Å²) in [6.45, 7) is 2.74. The van der Waals surface area contributed by atoms with Gasteiger partial charge in [-0.05, 0) is 56.8 Å². The molecule has 4 fully saturated rings. The molecule has 4 aliphatic rings. The molecule has 1 aliphatic heterocycles. The van der Waals surface area contributed by atoms with Gasteiger partial charge in [-0.15, -0.1) is 0 Å². The molecule has 1 heterocycles. The first-order chi connectivity index (χ1) is 13.0. The van der Waals surface area contributed by atoms with E-state index < -0.39 is 5.41 Å². The van der Waals surface area contributed by atoms with E-state index >= 15 is 0 Å². The number of epoxide rings is 1. The van der Waals surface area contributed by atoms with Gasteiger partial charge in [-0.1, -0.05) is 6.92 Å². The molecule has 0 aromatic rings. The number of esters is 2. The first-order valence-corrected chi connectivity index (χ1v) is 10.4. The zero-order chi connectivity index (χ0) is 19.0. The molecule has 0 amide bonds. The second kappa shape index (κ2) is 7.70. The Bertz CT molecular complexity index is 531. The highest BCUT2D eigenvalue weighted by atomic mass is 16.6. The van der Waals surface area contributed by atoms with Gasteiger partial charge in [-0.2, -0.15) is 0 Å². The van der Waals surface area contributed by atoms with E-state index in [4.69, 9.17) is 18.9 Å². The van der Waals surface area contributed by atoms with Crippen molar-refractivity contribution in [1.82, 2.24) is 0 Å². The SMILES string of the molecule is COCC(C)(COC(=O)C1CCC2CC2C1)COC(=O)C1CCC2OC2C1. The maximum absolute atomic E-state index is 12.5. The lowest BCUT2D eigenvalue weighted by Gasteiger charge is -2.30. The molecule has 0 bridgehead atoms. The number of carbonyl (C=O) groups is 2. The lowest BCUT2D eigenvalue weighted by molar-refractivity contribution is -0.162. The van der Waals surface area contributed by atoms with Crippen molar-refractivity contribution >= 4 is 11.9 Å². The Hall–Kier alpha value is -1.14. The number of carbonyl (C=O) groups excluding carboxylic acids is 2. The van der Waals surface area contributed by atoms with Gasteiger partial charge in [-0.3, -0.25) is 9.59 Å². The van der Waals surface area contributed by atoms with Crippen molar-refractivity contribution in [3.05, 3.63) is 0 Å². The number of rotatable bonds is 8. The van der Waals surface area contributed by atoms with Gasteiger partial charge in [-0.25, -0.2) is 0 Å². The topological polar surface area (TPSA) is 74.4 Å². The molecule has 0 aromatic carbocycles. The fourth-order valence-corrected chi connectivity index (χ4v) is 4.88. The molecule has 6 nitrogen and oxygen atoms in total. The molecule has 0 radical (unpaired) electrons. The van der Waals surface area contributed by atoms with Crippen molar-refractivity contribution in [3.63, 3.8) is 0 Å². The first kappa shape index (κ1) is 19.2. The Morgan fingerprint density at radius 3 is 2.15 bits per heavy atom. The summed E-state index contributed by atoms with van der Waals surface area (Å²) < 4.78 is 22.0. The van der Waals surface area contributed by atoms with Gasteiger partial charge in [0.1, 0.15) is 13.2 Å². The van der Waals surface area contributed by atoms with Crippen molar-refractivity contribution in [2.45, 2.75) is 64.1 Å². The number of methoxy groups -OCH3 is 1. The average molecular weight is 380 g/mol. The summed E-state index contributed by atoms with van der Waals surface area (Å²) in [5.74, 6) is 1.31. The van der Waals surface area contributed by atoms with Crippen molar-refractivity contribution in [3.8, 4) is 0 Å². The third kappa shape index (κ3) is 4.65. The zero-order valence-corrected chi connectivity index (χ0v) is 16.5. The van der Waals surface area contributed by atoms with Crippen LogP contribution in [0, 0.1) is 29.1 Å². The molecular weight excluding hydrogens is 348 g/mol. The molecule has 27 heavy (non-hydrogen) atoms. The number of hydrogen-bond acceptors (Lipinski definition) is 6. The molecule has 7 unspecified atom stereocenters. The van der Waals surface area contributed by atoms with Crippen LogP contribution in [-0.4, -0.2) is 51.1 Å². The highest BCUT2D eigenvalue weighted by Gasteiger charge is 2.47. The lowest BCUT2D eigenvalue weighted by atomic mass is 9.89. The Morgan fingerprint density at radius 2 is 1.52 bits per heavy atom. The Kier molecular flexibility index (Phi) is 5.48. The van der Waals surface area contributed by atoms with E-state index in [9.17, 15) is 9.59 Å². The zero-order valence-electron chi connectivity index (χ0n) is 16.5. The maximum Gasteiger partial charge on any atom is 0.309 e. The van der Waals surface area contributed by atoms with Crippen molar-refractivity contribution in [2.24, 2.45) is 29.1 Å². The van der Waals surface area contributed by atoms with Crippen molar-refractivity contribution in [1.29, 1.82) is 0 Å². The van der Waals surface area contributed by atoms with Gasteiger partial charge >= 0.3 is 11.9 Å². The quantitative estimate of drug-likeness (QED) is 0.476. The monoisotopic (exact) mass is 380 g/mol. The summed E-state index contributed by atoms with van der Waals surface area (Å²) in [5, 5.41) is 0. The summed E-state index contributed by atoms with van der Waals surface area (Å²) >= 11 is 0. The summed E-state index contributed by atoms with van der Waals surface area (Å²) in [6, 6.07) is 0. The van der Waals surface area contributed by atoms with Crippen LogP contribution in [0.2, 0.25) is 0 Å². The van der Waals surface area contributed by atoms with E-state index in [0.29, 0.717) is 12.7 Å². The Morgan fingerprint density at radius 1 is 0.852 bits per heavy atom. The summed E-state index contributed by atoms with van der Waals surface area (Å²) in [5.41, 5.74) is -0.524. The van der Waals surface area contributed by atoms with Crippen LogP contribution >= 0.6 is 0 Å². The summed E-state index contributed by atoms with van der Waals surface area (Å²) in [6.07, 6.45) is 7.54. The van der Waals surface area contributed by atoms with Crippen LogP contribution in [0.15, 0.2) is 0 Å². The molecule has 0 N–H and O–H groups in total. The van der Waals surface area contributed by atoms with E-state index in [1.54, 1.807) is 7.11 Å². The molecule has 1 saturated heterocycles. The highest BCUT2D eigenvalue weighted by molar-refractivity contribution is 5.73. The highest BCUT2D eigenvalue weighted by Crippen LogP contribution is 2.51. The maximum atomic E-state index is 12.5. The standard InChI is InChI=1S/C21H32O6/c1-21(10-24-2,11-25-19(22)14-4-3-13-7-16(13)8-14)12-26-20(23)15-5-6-17-18(9-15)27-17/h13-18H,3-12H2,1-2H3. The second-order valence-electron chi connectivity index (χ2n) is 9.45. The van der Waals surface area contributed by atoms with Crippen LogP contribution in [0.4, 0.5) is 0 Å². The van der Waals surface area contributed by atoms with E-state index in [1.165, 1.54) is 6.42 Å². The normalized spacial score (nSPS) is 38.7. The first-order valence-electron chi connectivity index (χ1n) is 10.4. The second-order valence-corrected chi connectivity index (χ2v) is 9.45. The van der Waals surface area contributed by atoms with Crippen molar-refractivity contribution in [2.75, 3.05) is 26.9 Å². The van der Waals surface area contributed by atoms with Crippen LogP contribution in [-0.2, 0) is 28.5 Å². The third-order valence-electron chi connectivity index (χ3n) is 6.83. The third-order valence-corrected chi connectivity index (χ3v) is 6.83. The minimum absolute atomic E-state index is 0.0387. The van der Waals surface area contributed by atoms with Gasteiger partial charge in [0.25, 0.3) is 0 Å². The van der Waals surface area contributed by atoms with Gasteiger partial charge in [0.05, 0.1) is 36.1 Å². The van der Waals surface area contributed by atoms with Crippen LogP contribution in [0.5, 0.6) is 0 Å². The minimum atomic E-state index is -0.524. The molecule has 0 spiro atoms. The minimum Gasteiger partial charge on any atom is -0.465 e. The molecule has 152 valence electrons. The van der Waals surface area contributed by atoms with Crippen LogP contribution < -0.4 is 0 Å². The van der Waals surface area contributed by atoms with Gasteiger partial charge < -0.3 is 18.9 Å². The Balaban J connectivity index is 1.23. The lowest BCUT2D eigenvalue weighted by Crippen LogP contribution is -2.38. The summed E-state index contributed by atoms with van der Waals surface area (Å²) in [7, 11) is 1.61. The van der Waals surface area contributed by atoms with E-state index in [-0.39, 0.29) is 43.1 Å². The van der Waals surface area contributed by atoms with Crippen LogP contribution in [0.1, 0.15) is 51.9 Å². The fourth-order valence-electron chi connectivity index (χ4n) is 4.88. The Labute approximate surface area is 161 Å². The average Bonchev–Trinajstić information content (AvgIpc) is 3.57. The molecule has 0 aromatic heterocycles. The van der Waals surface area contributed by atoms with Crippen LogP contribution in [0.3, 0.4) is 0 Å². The predicted octanol–water partition coefficient (Wildman–Crippen LogP) is 2.73. The van der Waals surface area contributed by atoms with Gasteiger partial charge in [0.15, 0.2) is 0 Å². The van der Waals surface area contributed by atoms with Gasteiger partial charge in [0.2, 0.25) is 0 Å². The fraction of sp³-hybridized carbons (Fsp3) is 0.905. The molecule has 3 saturated carbocycles. The number of ether oxygens (including phenoxy) is 4. The molecule has 7 atom stereocenters. The molecular formula is C21H32O6. The van der Waals surface area contributed by atoms with Crippen molar-refractivity contribution < 1.29 is 28.5 Å². The summed E-state index contributed by atoms with van der Waals surface area (Å²) in [4.78, 5) is 24.9.